The summed E-state index contributed by atoms with van der Waals surface area (Å²) in [6.45, 7) is 0.263. The molecule has 0 spiro atoms. The van der Waals surface area contributed by atoms with E-state index in [1.54, 1.807) is 43.7 Å². The number of carbonyl (C=O) groups is 1. The molecule has 7 heteroatoms. The lowest BCUT2D eigenvalue weighted by atomic mass is 10.2. The van der Waals surface area contributed by atoms with E-state index in [0.29, 0.717) is 22.2 Å². The van der Waals surface area contributed by atoms with Crippen molar-refractivity contribution in [2.24, 2.45) is 0 Å². The first kappa shape index (κ1) is 18.0. The van der Waals surface area contributed by atoms with Crippen LogP contribution in [0.25, 0.3) is 22.6 Å². The van der Waals surface area contributed by atoms with Crippen LogP contribution in [0.2, 0.25) is 5.02 Å². The third-order valence-corrected chi connectivity index (χ3v) is 4.56. The molecule has 0 unspecified atom stereocenters. The second-order valence-electron chi connectivity index (χ2n) is 6.22. The highest BCUT2D eigenvalue weighted by Crippen LogP contribution is 2.29. The van der Waals surface area contributed by atoms with Gasteiger partial charge in [-0.15, -0.1) is 0 Å². The van der Waals surface area contributed by atoms with Gasteiger partial charge in [-0.1, -0.05) is 28.9 Å². The maximum atomic E-state index is 12.7. The molecule has 4 aromatic rings. The number of hydrogen-bond acceptors (Lipinski definition) is 5. The van der Waals surface area contributed by atoms with Crippen molar-refractivity contribution in [1.29, 1.82) is 0 Å². The molecule has 0 aliphatic carbocycles. The molecule has 0 fully saturated rings. The zero-order valence-electron chi connectivity index (χ0n) is 15.0. The summed E-state index contributed by atoms with van der Waals surface area (Å²) in [5.74, 6) is 1.08. The number of benzene rings is 1. The molecule has 1 amide bonds. The molecule has 0 atom stereocenters. The van der Waals surface area contributed by atoms with E-state index >= 15 is 0 Å². The molecule has 3 aromatic heterocycles. The summed E-state index contributed by atoms with van der Waals surface area (Å²) in [6.07, 6.45) is 3.37. The van der Waals surface area contributed by atoms with Gasteiger partial charge in [0.2, 0.25) is 0 Å². The number of aromatic nitrogens is 2. The second kappa shape index (κ2) is 7.70. The largest absolute Gasteiger partial charge is 0.451 e. The number of rotatable bonds is 5. The summed E-state index contributed by atoms with van der Waals surface area (Å²) in [5, 5.41) is 4.61. The third-order valence-electron chi connectivity index (χ3n) is 4.23. The average Bonchev–Trinajstić information content (AvgIpc) is 3.38. The molecule has 0 saturated carbocycles. The first-order valence-electron chi connectivity index (χ1n) is 8.58. The van der Waals surface area contributed by atoms with Gasteiger partial charge in [-0.05, 0) is 36.4 Å². The number of furan rings is 1. The van der Waals surface area contributed by atoms with Crippen LogP contribution in [0.15, 0.2) is 75.9 Å². The van der Waals surface area contributed by atoms with Gasteiger partial charge in [0.05, 0.1) is 11.6 Å². The smallest absolute Gasteiger partial charge is 0.289 e. The van der Waals surface area contributed by atoms with E-state index in [9.17, 15) is 4.79 Å². The van der Waals surface area contributed by atoms with E-state index in [0.717, 1.165) is 11.1 Å². The van der Waals surface area contributed by atoms with Crippen LogP contribution >= 0.6 is 11.6 Å². The number of amides is 1. The van der Waals surface area contributed by atoms with Gasteiger partial charge in [0.1, 0.15) is 11.5 Å². The van der Waals surface area contributed by atoms with Crippen LogP contribution in [0.4, 0.5) is 0 Å². The van der Waals surface area contributed by atoms with Crippen LogP contribution in [0.1, 0.15) is 16.3 Å². The van der Waals surface area contributed by atoms with E-state index in [2.05, 4.69) is 10.1 Å². The molecule has 4 rings (SSSR count). The lowest BCUT2D eigenvalue weighted by molar-refractivity contribution is 0.0741. The van der Waals surface area contributed by atoms with Crippen LogP contribution < -0.4 is 0 Å². The third kappa shape index (κ3) is 3.68. The molecule has 0 bridgehead atoms. The number of hydrogen-bond donors (Lipinski definition) is 0. The molecule has 0 aliphatic rings. The summed E-state index contributed by atoms with van der Waals surface area (Å²) in [7, 11) is 1.68. The normalized spacial score (nSPS) is 10.8. The Morgan fingerprint density at radius 1 is 1.11 bits per heavy atom. The van der Waals surface area contributed by atoms with E-state index in [4.69, 9.17) is 20.5 Å². The monoisotopic (exact) mass is 393 g/mol. The molecule has 1 aromatic carbocycles. The summed E-state index contributed by atoms with van der Waals surface area (Å²) in [6, 6.07) is 16.2. The van der Waals surface area contributed by atoms with Crippen molar-refractivity contribution in [3.8, 4) is 22.6 Å². The fourth-order valence-corrected chi connectivity index (χ4v) is 3.03. The highest BCUT2D eigenvalue weighted by atomic mass is 35.5. The SMILES string of the molecule is CN(Cc1cc(-c2ccncc2)no1)C(=O)c1ccc(-c2ccccc2Cl)o1. The zero-order chi connectivity index (χ0) is 19.5. The van der Waals surface area contributed by atoms with Gasteiger partial charge in [0.15, 0.2) is 11.5 Å². The first-order valence-corrected chi connectivity index (χ1v) is 8.96. The second-order valence-corrected chi connectivity index (χ2v) is 6.63. The summed E-state index contributed by atoms with van der Waals surface area (Å²) >= 11 is 6.19. The fourth-order valence-electron chi connectivity index (χ4n) is 2.80. The lowest BCUT2D eigenvalue weighted by Crippen LogP contribution is -2.25. The molecule has 0 N–H and O–H groups in total. The van der Waals surface area contributed by atoms with Crippen molar-refractivity contribution in [3.63, 3.8) is 0 Å². The number of halogens is 1. The van der Waals surface area contributed by atoms with Gasteiger partial charge < -0.3 is 13.8 Å². The van der Waals surface area contributed by atoms with Crippen LogP contribution in [-0.2, 0) is 6.54 Å². The average molecular weight is 394 g/mol. The molecule has 140 valence electrons. The van der Waals surface area contributed by atoms with Crippen molar-refractivity contribution in [2.75, 3.05) is 7.05 Å². The molecule has 28 heavy (non-hydrogen) atoms. The standard InChI is InChI=1S/C21H16ClN3O3/c1-25(13-15-12-18(24-28-15)14-8-10-23-11-9-14)21(26)20-7-6-19(27-20)16-4-2-3-5-17(16)22/h2-12H,13H2,1H3. The van der Waals surface area contributed by atoms with Gasteiger partial charge in [0.25, 0.3) is 5.91 Å². The maximum absolute atomic E-state index is 12.7. The molecular formula is C21H16ClN3O3. The van der Waals surface area contributed by atoms with Gasteiger partial charge in [0, 0.05) is 36.6 Å². The fraction of sp³-hybridized carbons (Fsp3) is 0.0952. The molecule has 0 aliphatic heterocycles. The quantitative estimate of drug-likeness (QED) is 0.481. The van der Waals surface area contributed by atoms with Crippen LogP contribution in [0, 0.1) is 0 Å². The minimum Gasteiger partial charge on any atom is -0.451 e. The Morgan fingerprint density at radius 2 is 1.89 bits per heavy atom. The van der Waals surface area contributed by atoms with Crippen LogP contribution in [0.3, 0.4) is 0 Å². The van der Waals surface area contributed by atoms with Gasteiger partial charge in [-0.2, -0.15) is 0 Å². The topological polar surface area (TPSA) is 72.4 Å². The lowest BCUT2D eigenvalue weighted by Gasteiger charge is -2.13. The summed E-state index contributed by atoms with van der Waals surface area (Å²) in [5.41, 5.74) is 2.33. The predicted molar refractivity (Wildman–Crippen MR) is 105 cm³/mol. The molecular weight excluding hydrogens is 378 g/mol. The van der Waals surface area contributed by atoms with E-state index < -0.39 is 0 Å². The van der Waals surface area contributed by atoms with Gasteiger partial charge in [-0.25, -0.2) is 0 Å². The van der Waals surface area contributed by atoms with Crippen LogP contribution in [-0.4, -0.2) is 28.0 Å². The highest BCUT2D eigenvalue weighted by Gasteiger charge is 2.19. The molecule has 0 radical (unpaired) electrons. The zero-order valence-corrected chi connectivity index (χ0v) is 15.8. The molecule has 0 saturated heterocycles. The Bertz CT molecular complexity index is 1100. The number of pyridine rings is 1. The van der Waals surface area contributed by atoms with Gasteiger partial charge in [-0.3, -0.25) is 9.78 Å². The van der Waals surface area contributed by atoms with E-state index in [-0.39, 0.29) is 18.2 Å². The Morgan fingerprint density at radius 3 is 2.68 bits per heavy atom. The minimum absolute atomic E-state index is 0.228. The van der Waals surface area contributed by atoms with Crippen molar-refractivity contribution in [2.45, 2.75) is 6.54 Å². The van der Waals surface area contributed by atoms with E-state index in [1.165, 1.54) is 4.90 Å². The predicted octanol–water partition coefficient (Wildman–Crippen LogP) is 4.92. The van der Waals surface area contributed by atoms with Crippen LogP contribution in [0.5, 0.6) is 0 Å². The Labute approximate surface area is 166 Å². The highest BCUT2D eigenvalue weighted by molar-refractivity contribution is 6.33. The number of carbonyl (C=O) groups excluding carboxylic acids is 1. The van der Waals surface area contributed by atoms with Crippen molar-refractivity contribution < 1.29 is 13.7 Å². The van der Waals surface area contributed by atoms with E-state index in [1.807, 2.05) is 30.3 Å². The van der Waals surface area contributed by atoms with Gasteiger partial charge >= 0.3 is 0 Å². The van der Waals surface area contributed by atoms with Crippen molar-refractivity contribution in [3.05, 3.63) is 83.5 Å². The molecule has 3 heterocycles. The van der Waals surface area contributed by atoms with Crippen molar-refractivity contribution in [1.82, 2.24) is 15.0 Å². The maximum Gasteiger partial charge on any atom is 0.289 e. The first-order chi connectivity index (χ1) is 13.6. The Kier molecular flexibility index (Phi) is 4.95. The number of nitrogens with zero attached hydrogens (tertiary/aromatic N) is 3. The summed E-state index contributed by atoms with van der Waals surface area (Å²) in [4.78, 5) is 18.2. The summed E-state index contributed by atoms with van der Waals surface area (Å²) < 4.78 is 11.1. The minimum atomic E-state index is -0.264. The van der Waals surface area contributed by atoms with Crippen molar-refractivity contribution >= 4 is 17.5 Å². The Balaban J connectivity index is 1.47. The Hall–Kier alpha value is -3.38. The molecule has 6 nitrogen and oxygen atoms in total.